The van der Waals surface area contributed by atoms with Crippen LogP contribution in [0.5, 0.6) is 0 Å². The summed E-state index contributed by atoms with van der Waals surface area (Å²) in [7, 11) is -8.16. The number of pyridine rings is 1. The van der Waals surface area contributed by atoms with Gasteiger partial charge in [0.2, 0.25) is 10.0 Å². The molecular formula is C11H10ClN3O4S2. The molecule has 10 heteroatoms. The van der Waals surface area contributed by atoms with Crippen molar-refractivity contribution in [3.63, 3.8) is 0 Å². The number of rotatable bonds is 4. The summed E-state index contributed by atoms with van der Waals surface area (Å²) in [6, 6.07) is 6.67. The van der Waals surface area contributed by atoms with Gasteiger partial charge in [0.05, 0.1) is 10.7 Å². The third kappa shape index (κ3) is 3.50. The van der Waals surface area contributed by atoms with Crippen molar-refractivity contribution >= 4 is 37.3 Å². The van der Waals surface area contributed by atoms with Gasteiger partial charge in [0.1, 0.15) is 9.79 Å². The maximum absolute atomic E-state index is 12.2. The Labute approximate surface area is 126 Å². The number of hydrogen-bond acceptors (Lipinski definition) is 5. The molecule has 0 unspecified atom stereocenters. The molecular weight excluding hydrogens is 338 g/mol. The summed E-state index contributed by atoms with van der Waals surface area (Å²) in [6.45, 7) is 0. The zero-order valence-corrected chi connectivity index (χ0v) is 12.8. The highest BCUT2D eigenvalue weighted by molar-refractivity contribution is 7.93. The number of nitrogens with one attached hydrogen (secondary N) is 1. The van der Waals surface area contributed by atoms with E-state index in [9.17, 15) is 16.8 Å². The van der Waals surface area contributed by atoms with E-state index >= 15 is 0 Å². The van der Waals surface area contributed by atoms with Crippen LogP contribution >= 0.6 is 11.6 Å². The van der Waals surface area contributed by atoms with E-state index in [4.69, 9.17) is 16.7 Å². The van der Waals surface area contributed by atoms with Gasteiger partial charge in [0.15, 0.2) is 0 Å². The van der Waals surface area contributed by atoms with E-state index in [-0.39, 0.29) is 20.5 Å². The molecule has 0 radical (unpaired) electrons. The van der Waals surface area contributed by atoms with Gasteiger partial charge in [0, 0.05) is 12.4 Å². The normalized spacial score (nSPS) is 12.1. The Hall–Kier alpha value is -1.68. The van der Waals surface area contributed by atoms with Crippen LogP contribution in [-0.4, -0.2) is 21.8 Å². The SMILES string of the molecule is NS(=O)(=O)c1ccccc1NS(=O)(=O)c1cnccc1Cl. The number of hydrogen-bond donors (Lipinski definition) is 2. The minimum atomic E-state index is -4.09. The van der Waals surface area contributed by atoms with Crippen molar-refractivity contribution in [3.05, 3.63) is 47.7 Å². The molecule has 1 aromatic carbocycles. The Morgan fingerprint density at radius 3 is 2.33 bits per heavy atom. The minimum Gasteiger partial charge on any atom is -0.278 e. The predicted octanol–water partition coefficient (Wildman–Crippen LogP) is 1.18. The molecule has 0 atom stereocenters. The van der Waals surface area contributed by atoms with Crippen LogP contribution in [0.2, 0.25) is 5.02 Å². The average Bonchev–Trinajstić information content (AvgIpc) is 2.38. The van der Waals surface area contributed by atoms with Crippen LogP contribution < -0.4 is 9.86 Å². The monoisotopic (exact) mass is 347 g/mol. The van der Waals surface area contributed by atoms with E-state index < -0.39 is 20.0 Å². The fourth-order valence-corrected chi connectivity index (χ4v) is 3.83. The molecule has 0 spiro atoms. The highest BCUT2D eigenvalue weighted by Crippen LogP contribution is 2.25. The Morgan fingerprint density at radius 2 is 1.71 bits per heavy atom. The van der Waals surface area contributed by atoms with E-state index in [1.54, 1.807) is 0 Å². The molecule has 7 nitrogen and oxygen atoms in total. The zero-order chi connectivity index (χ0) is 15.7. The van der Waals surface area contributed by atoms with Gasteiger partial charge < -0.3 is 0 Å². The van der Waals surface area contributed by atoms with Crippen LogP contribution in [-0.2, 0) is 20.0 Å². The van der Waals surface area contributed by atoms with Gasteiger partial charge in [0.25, 0.3) is 10.0 Å². The molecule has 1 heterocycles. The van der Waals surface area contributed by atoms with Gasteiger partial charge in [-0.3, -0.25) is 9.71 Å². The van der Waals surface area contributed by atoms with Crippen LogP contribution in [0.25, 0.3) is 0 Å². The third-order valence-corrected chi connectivity index (χ3v) is 5.27. The number of benzene rings is 1. The average molecular weight is 348 g/mol. The van der Waals surface area contributed by atoms with E-state index in [1.807, 2.05) is 0 Å². The predicted molar refractivity (Wildman–Crippen MR) is 77.9 cm³/mol. The van der Waals surface area contributed by atoms with Crippen molar-refractivity contribution in [1.29, 1.82) is 0 Å². The molecule has 112 valence electrons. The van der Waals surface area contributed by atoms with Gasteiger partial charge in [-0.15, -0.1) is 0 Å². The largest absolute Gasteiger partial charge is 0.278 e. The Kier molecular flexibility index (Phi) is 4.19. The van der Waals surface area contributed by atoms with Crippen LogP contribution in [0.1, 0.15) is 0 Å². The number of anilines is 1. The maximum Gasteiger partial charge on any atom is 0.264 e. The fraction of sp³-hybridized carbons (Fsp3) is 0. The van der Waals surface area contributed by atoms with Crippen molar-refractivity contribution in [2.24, 2.45) is 5.14 Å². The van der Waals surface area contributed by atoms with Crippen molar-refractivity contribution in [1.82, 2.24) is 4.98 Å². The molecule has 0 aliphatic carbocycles. The van der Waals surface area contributed by atoms with Gasteiger partial charge in [-0.2, -0.15) is 0 Å². The smallest absolute Gasteiger partial charge is 0.264 e. The number of nitrogens with two attached hydrogens (primary N) is 1. The summed E-state index contributed by atoms with van der Waals surface area (Å²) in [5.74, 6) is 0. The lowest BCUT2D eigenvalue weighted by atomic mass is 10.3. The molecule has 2 aromatic rings. The highest BCUT2D eigenvalue weighted by atomic mass is 35.5. The number of sulfonamides is 2. The van der Waals surface area contributed by atoms with Crippen molar-refractivity contribution in [2.75, 3.05) is 4.72 Å². The fourth-order valence-electron chi connectivity index (χ4n) is 1.56. The van der Waals surface area contributed by atoms with E-state index in [1.165, 1.54) is 36.5 Å². The Balaban J connectivity index is 2.51. The molecule has 0 aliphatic rings. The number of halogens is 1. The van der Waals surface area contributed by atoms with Gasteiger partial charge in [-0.1, -0.05) is 23.7 Å². The Bertz CT molecular complexity index is 882. The van der Waals surface area contributed by atoms with E-state index in [2.05, 4.69) is 9.71 Å². The third-order valence-electron chi connectivity index (χ3n) is 2.46. The van der Waals surface area contributed by atoms with Crippen LogP contribution in [0, 0.1) is 0 Å². The summed E-state index contributed by atoms with van der Waals surface area (Å²) < 4.78 is 49.5. The summed E-state index contributed by atoms with van der Waals surface area (Å²) in [5, 5.41) is 5.01. The number of nitrogens with zero attached hydrogens (tertiary/aromatic N) is 1. The standard InChI is InChI=1S/C11H10ClN3O4S2/c12-8-5-6-14-7-11(8)21(18,19)15-9-3-1-2-4-10(9)20(13,16)17/h1-7,15H,(H2,13,16,17). The van der Waals surface area contributed by atoms with E-state index in [0.29, 0.717) is 0 Å². The molecule has 0 fully saturated rings. The minimum absolute atomic E-state index is 0.0365. The molecule has 0 amide bonds. The maximum atomic E-state index is 12.2. The molecule has 2 rings (SSSR count). The first-order valence-electron chi connectivity index (χ1n) is 5.46. The first kappa shape index (κ1) is 15.7. The molecule has 0 saturated carbocycles. The van der Waals surface area contributed by atoms with Gasteiger partial charge in [-0.25, -0.2) is 22.0 Å². The van der Waals surface area contributed by atoms with Crippen molar-refractivity contribution < 1.29 is 16.8 Å². The summed E-state index contributed by atoms with van der Waals surface area (Å²) in [6.07, 6.45) is 2.39. The first-order chi connectivity index (χ1) is 9.72. The van der Waals surface area contributed by atoms with Gasteiger partial charge >= 0.3 is 0 Å². The summed E-state index contributed by atoms with van der Waals surface area (Å²) >= 11 is 5.80. The topological polar surface area (TPSA) is 119 Å². The molecule has 3 N–H and O–H groups in total. The molecule has 21 heavy (non-hydrogen) atoms. The van der Waals surface area contributed by atoms with Crippen LogP contribution in [0.15, 0.2) is 52.5 Å². The van der Waals surface area contributed by atoms with Crippen molar-refractivity contribution in [3.8, 4) is 0 Å². The van der Waals surface area contributed by atoms with E-state index in [0.717, 1.165) is 6.20 Å². The number of primary sulfonamides is 1. The molecule has 0 aliphatic heterocycles. The molecule has 1 aromatic heterocycles. The quantitative estimate of drug-likeness (QED) is 0.860. The first-order valence-corrected chi connectivity index (χ1v) is 8.87. The lowest BCUT2D eigenvalue weighted by Gasteiger charge is -2.11. The second kappa shape index (κ2) is 5.60. The highest BCUT2D eigenvalue weighted by Gasteiger charge is 2.22. The number of aromatic nitrogens is 1. The summed E-state index contributed by atoms with van der Waals surface area (Å²) in [4.78, 5) is 3.07. The summed E-state index contributed by atoms with van der Waals surface area (Å²) in [5.41, 5.74) is -0.167. The van der Waals surface area contributed by atoms with Crippen molar-refractivity contribution in [2.45, 2.75) is 9.79 Å². The molecule has 0 bridgehead atoms. The van der Waals surface area contributed by atoms with Crippen LogP contribution in [0.3, 0.4) is 0 Å². The lowest BCUT2D eigenvalue weighted by Crippen LogP contribution is -2.19. The second-order valence-corrected chi connectivity index (χ2v) is 7.54. The van der Waals surface area contributed by atoms with Crippen LogP contribution in [0.4, 0.5) is 5.69 Å². The lowest BCUT2D eigenvalue weighted by molar-refractivity contribution is 0.598. The number of para-hydroxylation sites is 1. The zero-order valence-electron chi connectivity index (χ0n) is 10.4. The molecule has 0 saturated heterocycles. The van der Waals surface area contributed by atoms with Gasteiger partial charge in [-0.05, 0) is 18.2 Å². The second-order valence-electron chi connectivity index (χ2n) is 3.95. The Morgan fingerprint density at radius 1 is 1.05 bits per heavy atom.